The van der Waals surface area contributed by atoms with Crippen LogP contribution in [0.4, 0.5) is 11.4 Å². The van der Waals surface area contributed by atoms with E-state index < -0.39 is 11.0 Å². The Morgan fingerprint density at radius 2 is 2.19 bits per heavy atom. The van der Waals surface area contributed by atoms with Crippen LogP contribution in [0.15, 0.2) is 18.2 Å². The zero-order valence-corrected chi connectivity index (χ0v) is 12.2. The summed E-state index contributed by atoms with van der Waals surface area (Å²) in [6.07, 6.45) is -0.803. The van der Waals surface area contributed by atoms with Crippen LogP contribution in [0, 0.1) is 10.1 Å². The maximum Gasteiger partial charge on any atom is 0.292 e. The van der Waals surface area contributed by atoms with E-state index >= 15 is 0 Å². The van der Waals surface area contributed by atoms with Crippen LogP contribution in [0.2, 0.25) is 0 Å². The van der Waals surface area contributed by atoms with Gasteiger partial charge in [0.15, 0.2) is 0 Å². The summed E-state index contributed by atoms with van der Waals surface area (Å²) in [5.41, 5.74) is 0.354. The van der Waals surface area contributed by atoms with Crippen molar-refractivity contribution in [1.82, 2.24) is 4.90 Å². The quantitative estimate of drug-likeness (QED) is 0.567. The van der Waals surface area contributed by atoms with Gasteiger partial charge in [-0.1, -0.05) is 0 Å². The molecule has 1 atom stereocenters. The first-order valence-electron chi connectivity index (χ1n) is 6.27. The van der Waals surface area contributed by atoms with Gasteiger partial charge in [-0.05, 0) is 12.1 Å². The molecule has 0 saturated heterocycles. The molecule has 8 nitrogen and oxygen atoms in total. The average Bonchev–Trinajstić information content (AvgIpc) is 2.44. The number of carbonyl (C=O) groups excluding carboxylic acids is 1. The number of aliphatic hydroxyl groups excluding tert-OH is 1. The second-order valence-corrected chi connectivity index (χ2v) is 4.68. The Balaban J connectivity index is 2.99. The fourth-order valence-electron chi connectivity index (χ4n) is 1.71. The van der Waals surface area contributed by atoms with E-state index in [-0.39, 0.29) is 30.4 Å². The van der Waals surface area contributed by atoms with Crippen LogP contribution in [0.1, 0.15) is 10.4 Å². The number of nitrogens with one attached hydrogen (secondary N) is 1. The number of nitro groups is 1. The van der Waals surface area contributed by atoms with Gasteiger partial charge in [-0.15, -0.1) is 0 Å². The van der Waals surface area contributed by atoms with Crippen LogP contribution in [0.5, 0.6) is 0 Å². The Morgan fingerprint density at radius 1 is 1.52 bits per heavy atom. The van der Waals surface area contributed by atoms with Gasteiger partial charge in [-0.2, -0.15) is 0 Å². The van der Waals surface area contributed by atoms with E-state index in [2.05, 4.69) is 5.32 Å². The monoisotopic (exact) mass is 297 g/mol. The van der Waals surface area contributed by atoms with Crippen molar-refractivity contribution < 1.29 is 19.6 Å². The number of carbonyl (C=O) groups is 1. The number of hydrogen-bond acceptors (Lipinski definition) is 6. The van der Waals surface area contributed by atoms with Crippen molar-refractivity contribution in [2.45, 2.75) is 6.10 Å². The zero-order chi connectivity index (χ0) is 16.0. The molecule has 0 fully saturated rings. The number of methoxy groups -OCH3 is 1. The Morgan fingerprint density at radius 3 is 2.71 bits per heavy atom. The Kier molecular flexibility index (Phi) is 6.07. The van der Waals surface area contributed by atoms with Crippen LogP contribution >= 0.6 is 0 Å². The second kappa shape index (κ2) is 7.55. The smallest absolute Gasteiger partial charge is 0.292 e. The number of aliphatic hydroxyl groups is 1. The molecule has 0 aliphatic rings. The molecule has 1 aromatic carbocycles. The molecular weight excluding hydrogens is 278 g/mol. The Bertz CT molecular complexity index is 519. The Labute approximate surface area is 122 Å². The van der Waals surface area contributed by atoms with Crippen LogP contribution in [0.25, 0.3) is 0 Å². The van der Waals surface area contributed by atoms with Crippen LogP contribution in [0.3, 0.4) is 0 Å². The zero-order valence-electron chi connectivity index (χ0n) is 12.2. The molecule has 1 unspecified atom stereocenters. The van der Waals surface area contributed by atoms with Crippen LogP contribution in [-0.4, -0.2) is 61.3 Å². The summed E-state index contributed by atoms with van der Waals surface area (Å²) in [4.78, 5) is 23.7. The third-order valence-electron chi connectivity index (χ3n) is 2.73. The van der Waals surface area contributed by atoms with Gasteiger partial charge in [-0.3, -0.25) is 14.9 Å². The van der Waals surface area contributed by atoms with E-state index in [0.717, 1.165) is 0 Å². The molecule has 0 spiro atoms. The standard InChI is InChI=1S/C13H19N3O5/c1-15(2)13(18)9-4-5-12(16(19)20)11(6-9)14-7-10(17)8-21-3/h4-6,10,14,17H,7-8H2,1-3H3. The molecule has 0 heterocycles. The number of rotatable bonds is 7. The molecule has 0 aromatic heterocycles. The molecule has 0 aliphatic carbocycles. The van der Waals surface area contributed by atoms with Gasteiger partial charge < -0.3 is 20.1 Å². The average molecular weight is 297 g/mol. The second-order valence-electron chi connectivity index (χ2n) is 4.68. The SMILES string of the molecule is COCC(O)CNc1cc(C(=O)N(C)C)ccc1[N+](=O)[O-]. The highest BCUT2D eigenvalue weighted by Crippen LogP contribution is 2.25. The molecule has 0 saturated carbocycles. The third kappa shape index (κ3) is 4.69. The summed E-state index contributed by atoms with van der Waals surface area (Å²) in [6.45, 7) is 0.186. The van der Waals surface area contributed by atoms with Gasteiger partial charge >= 0.3 is 0 Å². The van der Waals surface area contributed by atoms with Crippen molar-refractivity contribution >= 4 is 17.3 Å². The van der Waals surface area contributed by atoms with E-state index in [9.17, 15) is 20.0 Å². The van der Waals surface area contributed by atoms with Gasteiger partial charge in [0.25, 0.3) is 11.6 Å². The molecule has 0 aliphatic heterocycles. The van der Waals surface area contributed by atoms with E-state index in [4.69, 9.17) is 4.74 Å². The molecule has 8 heteroatoms. The molecule has 21 heavy (non-hydrogen) atoms. The normalized spacial score (nSPS) is 11.8. The lowest BCUT2D eigenvalue weighted by molar-refractivity contribution is -0.384. The van der Waals surface area contributed by atoms with Crippen molar-refractivity contribution in [1.29, 1.82) is 0 Å². The number of anilines is 1. The van der Waals surface area contributed by atoms with Gasteiger partial charge in [0.2, 0.25) is 0 Å². The van der Waals surface area contributed by atoms with Crippen molar-refractivity contribution in [2.75, 3.05) is 39.7 Å². The number of nitro benzene ring substituents is 1. The summed E-state index contributed by atoms with van der Waals surface area (Å²) >= 11 is 0. The highest BCUT2D eigenvalue weighted by atomic mass is 16.6. The molecule has 116 valence electrons. The minimum atomic E-state index is -0.803. The lowest BCUT2D eigenvalue weighted by atomic mass is 10.1. The summed E-state index contributed by atoms with van der Waals surface area (Å²) < 4.78 is 4.78. The van der Waals surface area contributed by atoms with E-state index in [0.29, 0.717) is 5.56 Å². The summed E-state index contributed by atoms with van der Waals surface area (Å²) in [5, 5.41) is 23.3. The lowest BCUT2D eigenvalue weighted by Gasteiger charge is -2.14. The molecule has 2 N–H and O–H groups in total. The van der Waals surface area contributed by atoms with Gasteiger partial charge in [-0.25, -0.2) is 0 Å². The number of ether oxygens (including phenoxy) is 1. The van der Waals surface area contributed by atoms with Crippen LogP contribution in [-0.2, 0) is 4.74 Å². The van der Waals surface area contributed by atoms with Crippen molar-refractivity contribution in [3.63, 3.8) is 0 Å². The molecule has 0 bridgehead atoms. The first kappa shape index (κ1) is 16.9. The summed E-state index contributed by atoms with van der Waals surface area (Å²) in [6, 6.07) is 4.07. The third-order valence-corrected chi connectivity index (χ3v) is 2.73. The maximum atomic E-state index is 11.9. The summed E-state index contributed by atoms with van der Waals surface area (Å²) in [5.74, 6) is -0.259. The van der Waals surface area contributed by atoms with Gasteiger partial charge in [0.1, 0.15) is 5.69 Å². The molecule has 0 radical (unpaired) electrons. The topological polar surface area (TPSA) is 105 Å². The first-order chi connectivity index (χ1) is 9.86. The number of hydrogen-bond donors (Lipinski definition) is 2. The highest BCUT2D eigenvalue weighted by molar-refractivity contribution is 5.95. The predicted molar refractivity (Wildman–Crippen MR) is 77.5 cm³/mol. The minimum absolute atomic E-state index is 0.0777. The number of nitrogens with zero attached hydrogens (tertiary/aromatic N) is 2. The van der Waals surface area contributed by atoms with Gasteiger partial charge in [0.05, 0.1) is 17.6 Å². The molecular formula is C13H19N3O5. The first-order valence-corrected chi connectivity index (χ1v) is 6.27. The maximum absolute atomic E-state index is 11.9. The van der Waals surface area contributed by atoms with Crippen molar-refractivity contribution in [3.8, 4) is 0 Å². The number of benzene rings is 1. The fourth-order valence-corrected chi connectivity index (χ4v) is 1.71. The molecule has 1 aromatic rings. The van der Waals surface area contributed by atoms with E-state index in [1.54, 1.807) is 14.1 Å². The predicted octanol–water partition coefficient (Wildman–Crippen LogP) is 0.716. The number of amides is 1. The van der Waals surface area contributed by atoms with Crippen molar-refractivity contribution in [2.24, 2.45) is 0 Å². The fraction of sp³-hybridized carbons (Fsp3) is 0.462. The lowest BCUT2D eigenvalue weighted by Crippen LogP contribution is -2.25. The molecule has 1 rings (SSSR count). The van der Waals surface area contributed by atoms with Crippen molar-refractivity contribution in [3.05, 3.63) is 33.9 Å². The summed E-state index contributed by atoms with van der Waals surface area (Å²) in [7, 11) is 4.64. The van der Waals surface area contributed by atoms with E-state index in [1.807, 2.05) is 0 Å². The molecule has 1 amide bonds. The highest BCUT2D eigenvalue weighted by Gasteiger charge is 2.18. The largest absolute Gasteiger partial charge is 0.389 e. The minimum Gasteiger partial charge on any atom is -0.389 e. The van der Waals surface area contributed by atoms with E-state index in [1.165, 1.54) is 30.2 Å². The Hall–Kier alpha value is -2.19. The van der Waals surface area contributed by atoms with Crippen LogP contribution < -0.4 is 5.32 Å². The van der Waals surface area contributed by atoms with Gasteiger partial charge in [0, 0.05) is 39.4 Å².